The van der Waals surface area contributed by atoms with E-state index >= 15 is 0 Å². The number of anilines is 2. The van der Waals surface area contributed by atoms with E-state index in [1.165, 1.54) is 5.56 Å². The number of para-hydroxylation sites is 1. The van der Waals surface area contributed by atoms with Gasteiger partial charge in [0, 0.05) is 18.8 Å². The summed E-state index contributed by atoms with van der Waals surface area (Å²) in [5, 5.41) is 3.36. The molecule has 1 aliphatic rings. The number of aryl methyl sites for hydroxylation is 1. The summed E-state index contributed by atoms with van der Waals surface area (Å²) in [7, 11) is -1.35. The van der Waals surface area contributed by atoms with Crippen LogP contribution in [0.3, 0.4) is 0 Å². The molecule has 0 radical (unpaired) electrons. The second-order valence-electron chi connectivity index (χ2n) is 6.89. The van der Waals surface area contributed by atoms with E-state index in [9.17, 15) is 13.2 Å². The number of sulfone groups is 1. The van der Waals surface area contributed by atoms with E-state index < -0.39 is 9.84 Å². The third-order valence-electron chi connectivity index (χ3n) is 5.11. The first-order valence-corrected chi connectivity index (χ1v) is 10.5. The van der Waals surface area contributed by atoms with E-state index in [4.69, 9.17) is 0 Å². The van der Waals surface area contributed by atoms with Crippen LogP contribution in [-0.4, -0.2) is 43.8 Å². The van der Waals surface area contributed by atoms with Gasteiger partial charge in [0.2, 0.25) is 0 Å². The summed E-state index contributed by atoms with van der Waals surface area (Å²) in [5.74, 6) is 0.0277. The predicted molar refractivity (Wildman–Crippen MR) is 105 cm³/mol. The Balaban J connectivity index is 1.87. The fraction of sp³-hybridized carbons (Fsp3) is 0.350. The van der Waals surface area contributed by atoms with Crippen molar-refractivity contribution in [3.8, 4) is 0 Å². The molecule has 6 heteroatoms. The fourth-order valence-corrected chi connectivity index (χ4v) is 5.02. The first kappa shape index (κ1) is 18.5. The number of benzene rings is 2. The molecule has 1 heterocycles. The number of nitrogens with one attached hydrogen (secondary N) is 1. The predicted octanol–water partition coefficient (Wildman–Crippen LogP) is 3.31. The van der Waals surface area contributed by atoms with E-state index in [2.05, 4.69) is 5.32 Å². The summed E-state index contributed by atoms with van der Waals surface area (Å²) in [5.41, 5.74) is 4.52. The van der Waals surface area contributed by atoms with Crippen molar-refractivity contribution < 1.29 is 13.2 Å². The topological polar surface area (TPSA) is 66.5 Å². The molecule has 2 aromatic rings. The van der Waals surface area contributed by atoms with Gasteiger partial charge >= 0.3 is 0 Å². The molecule has 1 N–H and O–H groups in total. The summed E-state index contributed by atoms with van der Waals surface area (Å²) < 4.78 is 23.5. The number of hydrogen-bond donors (Lipinski definition) is 1. The molecule has 0 aromatic heterocycles. The maximum absolute atomic E-state index is 13.0. The molecule has 138 valence electrons. The van der Waals surface area contributed by atoms with E-state index in [0.29, 0.717) is 12.0 Å². The van der Waals surface area contributed by atoms with Crippen molar-refractivity contribution in [1.29, 1.82) is 0 Å². The van der Waals surface area contributed by atoms with Crippen molar-refractivity contribution in [1.82, 2.24) is 4.90 Å². The van der Waals surface area contributed by atoms with Crippen LogP contribution in [-0.2, 0) is 9.84 Å². The van der Waals surface area contributed by atoms with Crippen LogP contribution in [0.1, 0.15) is 27.9 Å². The molecule has 26 heavy (non-hydrogen) atoms. The summed E-state index contributed by atoms with van der Waals surface area (Å²) in [6, 6.07) is 13.1. The molecule has 0 saturated carbocycles. The zero-order valence-corrected chi connectivity index (χ0v) is 16.1. The highest BCUT2D eigenvalue weighted by atomic mass is 32.2. The third kappa shape index (κ3) is 3.75. The first-order valence-electron chi connectivity index (χ1n) is 8.68. The normalized spacial score (nSPS) is 18.5. The first-order chi connectivity index (χ1) is 12.3. The zero-order valence-electron chi connectivity index (χ0n) is 15.3. The van der Waals surface area contributed by atoms with Gasteiger partial charge in [-0.1, -0.05) is 24.3 Å². The van der Waals surface area contributed by atoms with Crippen LogP contribution < -0.4 is 5.32 Å². The minimum absolute atomic E-state index is 0.0435. The van der Waals surface area contributed by atoms with Crippen molar-refractivity contribution in [2.24, 2.45) is 0 Å². The molecular formula is C20H24N2O3S. The van der Waals surface area contributed by atoms with Gasteiger partial charge in [0.05, 0.1) is 22.8 Å². The number of hydrogen-bond acceptors (Lipinski definition) is 4. The average molecular weight is 372 g/mol. The lowest BCUT2D eigenvalue weighted by atomic mass is 10.1. The van der Waals surface area contributed by atoms with Gasteiger partial charge in [-0.05, 0) is 49.6 Å². The van der Waals surface area contributed by atoms with E-state index in [1.807, 2.05) is 50.2 Å². The molecule has 3 rings (SSSR count). The van der Waals surface area contributed by atoms with Crippen molar-refractivity contribution in [3.05, 3.63) is 59.2 Å². The van der Waals surface area contributed by atoms with Gasteiger partial charge < -0.3 is 10.2 Å². The molecule has 1 saturated heterocycles. The number of rotatable bonds is 4. The molecule has 1 amide bonds. The number of nitrogens with zero attached hydrogens (tertiary/aromatic N) is 1. The molecule has 0 aliphatic carbocycles. The summed E-state index contributed by atoms with van der Waals surface area (Å²) in [4.78, 5) is 14.6. The summed E-state index contributed by atoms with van der Waals surface area (Å²) in [6.07, 6.45) is 0.497. The Hall–Kier alpha value is -2.34. The minimum Gasteiger partial charge on any atom is -0.355 e. The van der Waals surface area contributed by atoms with Gasteiger partial charge in [-0.3, -0.25) is 4.79 Å². The standard InChI is InChI=1S/C20H24N2O3S/c1-14-7-6-10-18(15(14)2)21-19-9-5-4-8-17(19)20(23)22(3)16-11-12-26(24,25)13-16/h4-10,16,21H,11-13H2,1-3H3/t16-/m1/s1. The molecule has 2 aromatic carbocycles. The molecule has 5 nitrogen and oxygen atoms in total. The van der Waals surface area contributed by atoms with E-state index in [-0.39, 0.29) is 23.5 Å². The van der Waals surface area contributed by atoms with E-state index in [0.717, 1.165) is 16.9 Å². The van der Waals surface area contributed by atoms with Crippen LogP contribution in [0.5, 0.6) is 0 Å². The smallest absolute Gasteiger partial charge is 0.255 e. The van der Waals surface area contributed by atoms with Crippen molar-refractivity contribution in [3.63, 3.8) is 0 Å². The maximum Gasteiger partial charge on any atom is 0.255 e. The Morgan fingerprint density at radius 3 is 2.46 bits per heavy atom. The van der Waals surface area contributed by atoms with E-state index in [1.54, 1.807) is 18.0 Å². The van der Waals surface area contributed by atoms with Gasteiger partial charge in [0.1, 0.15) is 0 Å². The molecular weight excluding hydrogens is 348 g/mol. The quantitative estimate of drug-likeness (QED) is 0.894. The van der Waals surface area contributed by atoms with Gasteiger partial charge in [-0.25, -0.2) is 8.42 Å². The van der Waals surface area contributed by atoms with Crippen molar-refractivity contribution in [2.45, 2.75) is 26.3 Å². The van der Waals surface area contributed by atoms with Gasteiger partial charge in [0.25, 0.3) is 5.91 Å². The molecule has 1 aliphatic heterocycles. The SMILES string of the molecule is Cc1cccc(Nc2ccccc2C(=O)N(C)[C@@H]2CCS(=O)(=O)C2)c1C. The Morgan fingerprint density at radius 1 is 1.08 bits per heavy atom. The molecule has 0 unspecified atom stereocenters. The Kier molecular flexibility index (Phi) is 5.05. The van der Waals surface area contributed by atoms with Crippen LogP contribution >= 0.6 is 0 Å². The van der Waals surface area contributed by atoms with Crippen LogP contribution in [0.2, 0.25) is 0 Å². The fourth-order valence-electron chi connectivity index (χ4n) is 3.25. The lowest BCUT2D eigenvalue weighted by molar-refractivity contribution is 0.0748. The summed E-state index contributed by atoms with van der Waals surface area (Å²) in [6.45, 7) is 4.09. The van der Waals surface area contributed by atoms with Gasteiger partial charge in [-0.15, -0.1) is 0 Å². The van der Waals surface area contributed by atoms with Crippen LogP contribution in [0.4, 0.5) is 11.4 Å². The monoisotopic (exact) mass is 372 g/mol. The Morgan fingerprint density at radius 2 is 1.77 bits per heavy atom. The lowest BCUT2D eigenvalue weighted by Gasteiger charge is -2.25. The molecule has 1 atom stereocenters. The van der Waals surface area contributed by atoms with Crippen LogP contribution in [0.15, 0.2) is 42.5 Å². The number of amides is 1. The second-order valence-corrected chi connectivity index (χ2v) is 9.12. The van der Waals surface area contributed by atoms with Gasteiger partial charge in [0.15, 0.2) is 9.84 Å². The molecule has 1 fully saturated rings. The molecule has 0 bridgehead atoms. The van der Waals surface area contributed by atoms with Gasteiger partial charge in [-0.2, -0.15) is 0 Å². The van der Waals surface area contributed by atoms with Crippen LogP contribution in [0, 0.1) is 13.8 Å². The highest BCUT2D eigenvalue weighted by Gasteiger charge is 2.33. The Bertz CT molecular complexity index is 938. The number of carbonyl (C=O) groups excluding carboxylic acids is 1. The third-order valence-corrected chi connectivity index (χ3v) is 6.86. The second kappa shape index (κ2) is 7.11. The van der Waals surface area contributed by atoms with Crippen molar-refractivity contribution in [2.75, 3.05) is 23.9 Å². The average Bonchev–Trinajstić information content (AvgIpc) is 2.98. The highest BCUT2D eigenvalue weighted by Crippen LogP contribution is 2.27. The maximum atomic E-state index is 13.0. The number of carbonyl (C=O) groups is 1. The minimum atomic E-state index is -3.03. The molecule has 0 spiro atoms. The van der Waals surface area contributed by atoms with Crippen molar-refractivity contribution >= 4 is 27.1 Å². The summed E-state index contributed by atoms with van der Waals surface area (Å²) >= 11 is 0. The lowest BCUT2D eigenvalue weighted by Crippen LogP contribution is -2.38. The zero-order chi connectivity index (χ0) is 18.9. The Labute approximate surface area is 154 Å². The van der Waals surface area contributed by atoms with Crippen LogP contribution in [0.25, 0.3) is 0 Å². The highest BCUT2D eigenvalue weighted by molar-refractivity contribution is 7.91. The largest absolute Gasteiger partial charge is 0.355 e.